The summed E-state index contributed by atoms with van der Waals surface area (Å²) in [5.74, 6) is -0.231. The monoisotopic (exact) mass is 303 g/mol. The molecule has 23 heavy (non-hydrogen) atoms. The molecule has 112 valence electrons. The molecule has 0 unspecified atom stereocenters. The third-order valence-electron chi connectivity index (χ3n) is 3.93. The van der Waals surface area contributed by atoms with Crippen LogP contribution < -0.4 is 0 Å². The van der Waals surface area contributed by atoms with Gasteiger partial charge in [0.05, 0.1) is 6.54 Å². The van der Waals surface area contributed by atoms with Crippen molar-refractivity contribution in [2.45, 2.75) is 6.54 Å². The zero-order valence-electron chi connectivity index (χ0n) is 12.4. The second kappa shape index (κ2) is 5.65. The van der Waals surface area contributed by atoms with Gasteiger partial charge in [0.1, 0.15) is 18.5 Å². The standard InChI is InChI=1S/C19H14FN3/c20-19-8-7-17(10-18(19)11-23-13-21-12-22-23)16-6-5-14-3-1-2-4-15(14)9-16/h1-10,12-13H,11H2. The topological polar surface area (TPSA) is 30.7 Å². The molecule has 0 atom stereocenters. The number of halogens is 1. The van der Waals surface area contributed by atoms with Crippen molar-refractivity contribution in [3.05, 3.63) is 84.7 Å². The molecule has 0 aliphatic rings. The van der Waals surface area contributed by atoms with Gasteiger partial charge in [-0.25, -0.2) is 14.1 Å². The van der Waals surface area contributed by atoms with Crippen LogP contribution in [0.4, 0.5) is 4.39 Å². The lowest BCUT2D eigenvalue weighted by Crippen LogP contribution is -2.02. The fraction of sp³-hybridized carbons (Fsp3) is 0.0526. The van der Waals surface area contributed by atoms with Crippen LogP contribution in [-0.4, -0.2) is 14.8 Å². The van der Waals surface area contributed by atoms with E-state index >= 15 is 0 Å². The number of fused-ring (bicyclic) bond motifs is 1. The Morgan fingerprint density at radius 1 is 0.870 bits per heavy atom. The van der Waals surface area contributed by atoms with Crippen LogP contribution in [0, 0.1) is 5.82 Å². The van der Waals surface area contributed by atoms with Gasteiger partial charge in [0.2, 0.25) is 0 Å². The molecule has 4 heteroatoms. The van der Waals surface area contributed by atoms with E-state index < -0.39 is 0 Å². The summed E-state index contributed by atoms with van der Waals surface area (Å²) in [6.45, 7) is 0.368. The Kier molecular flexibility index (Phi) is 3.35. The summed E-state index contributed by atoms with van der Waals surface area (Å²) >= 11 is 0. The van der Waals surface area contributed by atoms with Crippen LogP contribution in [-0.2, 0) is 6.54 Å². The highest BCUT2D eigenvalue weighted by Gasteiger charge is 2.07. The maximum absolute atomic E-state index is 14.1. The molecule has 0 amide bonds. The van der Waals surface area contributed by atoms with E-state index in [9.17, 15) is 4.39 Å². The molecule has 3 aromatic carbocycles. The molecular weight excluding hydrogens is 289 g/mol. The first-order valence-electron chi connectivity index (χ1n) is 7.39. The molecule has 0 aliphatic carbocycles. The van der Waals surface area contributed by atoms with Gasteiger partial charge in [-0.05, 0) is 40.1 Å². The van der Waals surface area contributed by atoms with Crippen molar-refractivity contribution in [1.29, 1.82) is 0 Å². The molecule has 0 N–H and O–H groups in total. The van der Waals surface area contributed by atoms with Gasteiger partial charge in [-0.1, -0.05) is 42.5 Å². The molecule has 0 saturated carbocycles. The zero-order valence-corrected chi connectivity index (χ0v) is 12.4. The van der Waals surface area contributed by atoms with Crippen molar-refractivity contribution < 1.29 is 4.39 Å². The fourth-order valence-electron chi connectivity index (χ4n) is 2.73. The summed E-state index contributed by atoms with van der Waals surface area (Å²) in [5, 5.41) is 6.40. The minimum absolute atomic E-state index is 0.231. The molecule has 1 heterocycles. The maximum Gasteiger partial charge on any atom is 0.137 e. The Labute approximate surface area is 133 Å². The van der Waals surface area contributed by atoms with Crippen molar-refractivity contribution in [3.63, 3.8) is 0 Å². The zero-order chi connectivity index (χ0) is 15.6. The third kappa shape index (κ3) is 2.71. The SMILES string of the molecule is Fc1ccc(-c2ccc3ccccc3c2)cc1Cn1cncn1. The lowest BCUT2D eigenvalue weighted by molar-refractivity contribution is 0.585. The molecule has 3 nitrogen and oxygen atoms in total. The number of rotatable bonds is 3. The minimum Gasteiger partial charge on any atom is -0.248 e. The van der Waals surface area contributed by atoms with Gasteiger partial charge in [-0.15, -0.1) is 0 Å². The lowest BCUT2D eigenvalue weighted by atomic mass is 9.99. The van der Waals surface area contributed by atoms with Crippen molar-refractivity contribution in [2.75, 3.05) is 0 Å². The summed E-state index contributed by atoms with van der Waals surface area (Å²) in [7, 11) is 0. The summed E-state index contributed by atoms with van der Waals surface area (Å²) in [6, 6.07) is 19.7. The number of aromatic nitrogens is 3. The van der Waals surface area contributed by atoms with Gasteiger partial charge in [0.25, 0.3) is 0 Å². The Hall–Kier alpha value is -3.01. The highest BCUT2D eigenvalue weighted by atomic mass is 19.1. The van der Waals surface area contributed by atoms with E-state index in [-0.39, 0.29) is 5.82 Å². The van der Waals surface area contributed by atoms with E-state index in [0.29, 0.717) is 12.1 Å². The maximum atomic E-state index is 14.1. The summed E-state index contributed by atoms with van der Waals surface area (Å²) in [4.78, 5) is 3.89. The van der Waals surface area contributed by atoms with Gasteiger partial charge < -0.3 is 0 Å². The third-order valence-corrected chi connectivity index (χ3v) is 3.93. The highest BCUT2D eigenvalue weighted by molar-refractivity contribution is 5.87. The predicted octanol–water partition coefficient (Wildman–Crippen LogP) is 4.29. The molecular formula is C19H14FN3. The second-order valence-corrected chi connectivity index (χ2v) is 5.46. The summed E-state index contributed by atoms with van der Waals surface area (Å²) in [6.07, 6.45) is 3.03. The minimum atomic E-state index is -0.231. The van der Waals surface area contributed by atoms with E-state index in [1.165, 1.54) is 23.2 Å². The highest BCUT2D eigenvalue weighted by Crippen LogP contribution is 2.26. The second-order valence-electron chi connectivity index (χ2n) is 5.46. The van der Waals surface area contributed by atoms with Crippen LogP contribution in [0.5, 0.6) is 0 Å². The van der Waals surface area contributed by atoms with Gasteiger partial charge in [0, 0.05) is 5.56 Å². The van der Waals surface area contributed by atoms with Crippen LogP contribution in [0.25, 0.3) is 21.9 Å². The average Bonchev–Trinajstić information content (AvgIpc) is 3.09. The van der Waals surface area contributed by atoms with Gasteiger partial charge in [-0.3, -0.25) is 0 Å². The summed E-state index contributed by atoms with van der Waals surface area (Å²) in [5.41, 5.74) is 2.66. The fourth-order valence-corrected chi connectivity index (χ4v) is 2.73. The van der Waals surface area contributed by atoms with Crippen molar-refractivity contribution in [2.24, 2.45) is 0 Å². The molecule has 4 rings (SSSR count). The first-order valence-corrected chi connectivity index (χ1v) is 7.39. The average molecular weight is 303 g/mol. The largest absolute Gasteiger partial charge is 0.248 e. The Morgan fingerprint density at radius 3 is 2.48 bits per heavy atom. The molecule has 0 bridgehead atoms. The van der Waals surface area contributed by atoms with E-state index in [2.05, 4.69) is 40.4 Å². The molecule has 0 fully saturated rings. The van der Waals surface area contributed by atoms with Crippen molar-refractivity contribution >= 4 is 10.8 Å². The molecule has 1 aromatic heterocycles. The number of hydrogen-bond donors (Lipinski definition) is 0. The van der Waals surface area contributed by atoms with E-state index in [1.807, 2.05) is 24.3 Å². The number of hydrogen-bond acceptors (Lipinski definition) is 2. The normalized spacial score (nSPS) is 11.0. The quantitative estimate of drug-likeness (QED) is 0.565. The van der Waals surface area contributed by atoms with Crippen LogP contribution in [0.3, 0.4) is 0 Å². The number of benzene rings is 3. The van der Waals surface area contributed by atoms with Crippen LogP contribution in [0.1, 0.15) is 5.56 Å². The molecule has 0 radical (unpaired) electrons. The van der Waals surface area contributed by atoms with Crippen molar-refractivity contribution in [3.8, 4) is 11.1 Å². The smallest absolute Gasteiger partial charge is 0.137 e. The van der Waals surface area contributed by atoms with Crippen LogP contribution >= 0.6 is 0 Å². The number of nitrogens with zero attached hydrogens (tertiary/aromatic N) is 3. The van der Waals surface area contributed by atoms with E-state index in [1.54, 1.807) is 11.0 Å². The Bertz CT molecular complexity index is 961. The Balaban J connectivity index is 1.75. The Morgan fingerprint density at radius 2 is 1.65 bits per heavy atom. The first-order chi connectivity index (χ1) is 11.3. The van der Waals surface area contributed by atoms with E-state index in [4.69, 9.17) is 0 Å². The molecule has 4 aromatic rings. The van der Waals surface area contributed by atoms with Crippen LogP contribution in [0.15, 0.2) is 73.3 Å². The lowest BCUT2D eigenvalue weighted by Gasteiger charge is -2.08. The van der Waals surface area contributed by atoms with Gasteiger partial charge >= 0.3 is 0 Å². The van der Waals surface area contributed by atoms with E-state index in [0.717, 1.165) is 11.1 Å². The summed E-state index contributed by atoms with van der Waals surface area (Å²) < 4.78 is 15.7. The van der Waals surface area contributed by atoms with Gasteiger partial charge in [-0.2, -0.15) is 5.10 Å². The first kappa shape index (κ1) is 13.6. The van der Waals surface area contributed by atoms with Crippen molar-refractivity contribution in [1.82, 2.24) is 14.8 Å². The molecule has 0 saturated heterocycles. The van der Waals surface area contributed by atoms with Gasteiger partial charge in [0.15, 0.2) is 0 Å². The molecule has 0 spiro atoms. The predicted molar refractivity (Wildman–Crippen MR) is 88.5 cm³/mol. The molecule has 0 aliphatic heterocycles. The van der Waals surface area contributed by atoms with Crippen LogP contribution in [0.2, 0.25) is 0 Å².